The summed E-state index contributed by atoms with van der Waals surface area (Å²) >= 11 is 9.38. The van der Waals surface area contributed by atoms with Crippen molar-refractivity contribution in [2.45, 2.75) is 39.7 Å². The van der Waals surface area contributed by atoms with Crippen LogP contribution in [0.4, 0.5) is 5.82 Å². The lowest BCUT2D eigenvalue weighted by Crippen LogP contribution is -2.36. The first-order valence-electron chi connectivity index (χ1n) is 6.08. The van der Waals surface area contributed by atoms with Gasteiger partial charge >= 0.3 is 0 Å². The average Bonchev–Trinajstić information content (AvgIpc) is 2.33. The number of nitrogens with zero attached hydrogens (tertiary/aromatic N) is 2. The zero-order valence-electron chi connectivity index (χ0n) is 10.7. The molecule has 0 bridgehead atoms. The molecule has 0 saturated heterocycles. The van der Waals surface area contributed by atoms with Gasteiger partial charge in [-0.1, -0.05) is 13.8 Å². The molecule has 0 fully saturated rings. The predicted octanol–water partition coefficient (Wildman–Crippen LogP) is 4.39. The maximum Gasteiger partial charge on any atom is 0.129 e. The molecule has 1 rings (SSSR count). The second-order valence-electron chi connectivity index (χ2n) is 4.14. The van der Waals surface area contributed by atoms with Crippen LogP contribution in [0, 0.1) is 6.92 Å². The van der Waals surface area contributed by atoms with Crippen molar-refractivity contribution >= 4 is 33.3 Å². The van der Waals surface area contributed by atoms with Gasteiger partial charge in [0.1, 0.15) is 5.82 Å². The average molecular weight is 320 g/mol. The first-order valence-corrected chi connectivity index (χ1v) is 7.41. The van der Waals surface area contributed by atoms with Crippen molar-refractivity contribution in [2.75, 3.05) is 17.3 Å². The van der Waals surface area contributed by atoms with E-state index in [1.807, 2.05) is 6.20 Å². The van der Waals surface area contributed by atoms with Crippen LogP contribution in [0.3, 0.4) is 0 Å². The Kier molecular flexibility index (Phi) is 6.28. The number of aryl methyl sites for hydroxylation is 1. The Morgan fingerprint density at radius 1 is 1.41 bits per heavy atom. The van der Waals surface area contributed by atoms with Crippen molar-refractivity contribution < 1.29 is 0 Å². The summed E-state index contributed by atoms with van der Waals surface area (Å²) in [6, 6.07) is 2.64. The molecule has 4 heteroatoms. The molecule has 1 aromatic heterocycles. The topological polar surface area (TPSA) is 16.1 Å². The normalized spacial score (nSPS) is 10.9. The number of hydrogen-bond acceptors (Lipinski definition) is 2. The molecule has 1 aromatic rings. The quantitative estimate of drug-likeness (QED) is 0.723. The van der Waals surface area contributed by atoms with Crippen LogP contribution in [-0.4, -0.2) is 23.5 Å². The van der Waals surface area contributed by atoms with Crippen molar-refractivity contribution in [1.82, 2.24) is 4.98 Å². The summed E-state index contributed by atoms with van der Waals surface area (Å²) in [5.74, 6) is 1.66. The first-order chi connectivity index (χ1) is 8.13. The highest BCUT2D eigenvalue weighted by Crippen LogP contribution is 2.23. The number of rotatable bonds is 6. The van der Waals surface area contributed by atoms with E-state index in [1.54, 1.807) is 0 Å². The van der Waals surface area contributed by atoms with Crippen LogP contribution in [0.1, 0.15) is 32.3 Å². The summed E-state index contributed by atoms with van der Waals surface area (Å²) in [6.45, 7) is 7.35. The Hall–Kier alpha value is -0.280. The van der Waals surface area contributed by atoms with E-state index in [0.717, 1.165) is 29.7 Å². The van der Waals surface area contributed by atoms with Crippen molar-refractivity contribution in [3.63, 3.8) is 0 Å². The molecule has 0 aliphatic rings. The maximum absolute atomic E-state index is 5.90. The van der Waals surface area contributed by atoms with Gasteiger partial charge in [0, 0.05) is 29.1 Å². The van der Waals surface area contributed by atoms with Crippen LogP contribution in [0.25, 0.3) is 0 Å². The lowest BCUT2D eigenvalue weighted by Gasteiger charge is -2.31. The van der Waals surface area contributed by atoms with Gasteiger partial charge in [0.2, 0.25) is 0 Å². The molecule has 0 aliphatic carbocycles. The molecule has 0 atom stereocenters. The second kappa shape index (κ2) is 7.22. The summed E-state index contributed by atoms with van der Waals surface area (Å²) in [7, 11) is 0. The lowest BCUT2D eigenvalue weighted by atomic mass is 10.1. The molecule has 0 aromatic carbocycles. The zero-order valence-corrected chi connectivity index (χ0v) is 13.1. The van der Waals surface area contributed by atoms with E-state index in [4.69, 9.17) is 11.6 Å². The highest BCUT2D eigenvalue weighted by molar-refractivity contribution is 9.10. The molecule has 96 valence electrons. The van der Waals surface area contributed by atoms with Crippen LogP contribution in [0.15, 0.2) is 16.7 Å². The van der Waals surface area contributed by atoms with Gasteiger partial charge in [-0.25, -0.2) is 4.98 Å². The van der Waals surface area contributed by atoms with Crippen LogP contribution in [-0.2, 0) is 0 Å². The van der Waals surface area contributed by atoms with Gasteiger partial charge in [-0.15, -0.1) is 11.6 Å². The molecule has 0 amide bonds. The van der Waals surface area contributed by atoms with E-state index in [2.05, 4.69) is 52.7 Å². The fraction of sp³-hybridized carbons (Fsp3) is 0.615. The molecule has 17 heavy (non-hydrogen) atoms. The van der Waals surface area contributed by atoms with Gasteiger partial charge in [0.15, 0.2) is 0 Å². The van der Waals surface area contributed by atoms with Crippen molar-refractivity contribution in [1.29, 1.82) is 0 Å². The highest BCUT2D eigenvalue weighted by atomic mass is 79.9. The van der Waals surface area contributed by atoms with Crippen molar-refractivity contribution in [3.8, 4) is 0 Å². The summed E-state index contributed by atoms with van der Waals surface area (Å²) in [5, 5.41) is 0. The second-order valence-corrected chi connectivity index (χ2v) is 5.38. The third-order valence-electron chi connectivity index (χ3n) is 3.04. The molecule has 2 nitrogen and oxygen atoms in total. The third kappa shape index (κ3) is 3.85. The standard InChI is InChI=1S/C13H20BrClN2/c1-4-11(5-2)17(7-6-15)13-8-10(3)12(14)9-16-13/h8-9,11H,4-7H2,1-3H3. The summed E-state index contributed by atoms with van der Waals surface area (Å²) in [4.78, 5) is 6.81. The van der Waals surface area contributed by atoms with Crippen LogP contribution in [0.2, 0.25) is 0 Å². The number of pyridine rings is 1. The van der Waals surface area contributed by atoms with Gasteiger partial charge in [0.25, 0.3) is 0 Å². The molecule has 0 unspecified atom stereocenters. The van der Waals surface area contributed by atoms with Gasteiger partial charge in [-0.05, 0) is 47.3 Å². The molecular weight excluding hydrogens is 300 g/mol. The maximum atomic E-state index is 5.90. The summed E-state index contributed by atoms with van der Waals surface area (Å²) in [5.41, 5.74) is 1.21. The SMILES string of the molecule is CCC(CC)N(CCCl)c1cc(C)c(Br)cn1. The third-order valence-corrected chi connectivity index (χ3v) is 4.03. The molecule has 1 heterocycles. The smallest absolute Gasteiger partial charge is 0.129 e. The van der Waals surface area contributed by atoms with E-state index < -0.39 is 0 Å². The minimum absolute atomic E-state index is 0.516. The zero-order chi connectivity index (χ0) is 12.8. The predicted molar refractivity (Wildman–Crippen MR) is 79.1 cm³/mol. The minimum atomic E-state index is 0.516. The van der Waals surface area contributed by atoms with E-state index in [-0.39, 0.29) is 0 Å². The van der Waals surface area contributed by atoms with Crippen LogP contribution in [0.5, 0.6) is 0 Å². The Balaban J connectivity index is 2.99. The van der Waals surface area contributed by atoms with E-state index >= 15 is 0 Å². The molecule has 0 saturated carbocycles. The number of hydrogen-bond donors (Lipinski definition) is 0. The van der Waals surface area contributed by atoms with E-state index in [9.17, 15) is 0 Å². The number of halogens is 2. The fourth-order valence-corrected chi connectivity index (χ4v) is 2.39. The molecular formula is C13H20BrClN2. The molecule has 0 N–H and O–H groups in total. The van der Waals surface area contributed by atoms with Gasteiger partial charge in [-0.2, -0.15) is 0 Å². The number of alkyl halides is 1. The van der Waals surface area contributed by atoms with Crippen LogP contribution < -0.4 is 4.90 Å². The Morgan fingerprint density at radius 2 is 2.06 bits per heavy atom. The van der Waals surface area contributed by atoms with Gasteiger partial charge in [0.05, 0.1) is 0 Å². The largest absolute Gasteiger partial charge is 0.352 e. The number of aromatic nitrogens is 1. The molecule has 0 radical (unpaired) electrons. The Bertz CT molecular complexity index is 353. The molecule has 0 spiro atoms. The minimum Gasteiger partial charge on any atom is -0.352 e. The summed E-state index contributed by atoms with van der Waals surface area (Å²) in [6.07, 6.45) is 4.10. The van der Waals surface area contributed by atoms with E-state index in [1.165, 1.54) is 5.56 Å². The van der Waals surface area contributed by atoms with Gasteiger partial charge < -0.3 is 4.90 Å². The Labute approximate surface area is 118 Å². The summed E-state index contributed by atoms with van der Waals surface area (Å²) < 4.78 is 1.05. The van der Waals surface area contributed by atoms with Crippen LogP contribution >= 0.6 is 27.5 Å². The highest BCUT2D eigenvalue weighted by Gasteiger charge is 2.16. The lowest BCUT2D eigenvalue weighted by molar-refractivity contribution is 0.562. The number of anilines is 1. The fourth-order valence-electron chi connectivity index (χ4n) is 1.99. The Morgan fingerprint density at radius 3 is 2.53 bits per heavy atom. The van der Waals surface area contributed by atoms with E-state index in [0.29, 0.717) is 11.9 Å². The monoisotopic (exact) mass is 318 g/mol. The first kappa shape index (κ1) is 14.8. The van der Waals surface area contributed by atoms with Crippen molar-refractivity contribution in [3.05, 3.63) is 22.3 Å². The van der Waals surface area contributed by atoms with Gasteiger partial charge in [-0.3, -0.25) is 0 Å². The molecule has 0 aliphatic heterocycles. The van der Waals surface area contributed by atoms with Crippen molar-refractivity contribution in [2.24, 2.45) is 0 Å².